The van der Waals surface area contributed by atoms with E-state index in [9.17, 15) is 24.9 Å². The molecule has 0 aliphatic rings. The van der Waals surface area contributed by atoms with Crippen molar-refractivity contribution < 1.29 is 29.6 Å². The molecule has 0 aliphatic carbocycles. The fourth-order valence-corrected chi connectivity index (χ4v) is 2.34. The second-order valence-corrected chi connectivity index (χ2v) is 7.13. The maximum Gasteiger partial charge on any atom is 0.329 e. The molecule has 0 aromatic heterocycles. The number of hydrogen-bond acceptors (Lipinski definition) is 6. The minimum absolute atomic E-state index is 0.0876. The summed E-state index contributed by atoms with van der Waals surface area (Å²) in [7, 11) is 0. The summed E-state index contributed by atoms with van der Waals surface area (Å²) in [5.41, 5.74) is 0.0771. The number of amides is 1. The Morgan fingerprint density at radius 1 is 1.00 bits per heavy atom. The number of carbonyl (C=O) groups is 2. The molecule has 2 aromatic rings. The highest BCUT2D eigenvalue weighted by Gasteiger charge is 2.27. The minimum atomic E-state index is -0.975. The summed E-state index contributed by atoms with van der Waals surface area (Å²) >= 11 is 0. The largest absolute Gasteiger partial charge is 0.508 e. The van der Waals surface area contributed by atoms with Gasteiger partial charge in [0.15, 0.2) is 11.5 Å². The van der Waals surface area contributed by atoms with E-state index in [4.69, 9.17) is 4.74 Å². The summed E-state index contributed by atoms with van der Waals surface area (Å²) in [6.45, 7) is 5.17. The lowest BCUT2D eigenvalue weighted by molar-refractivity contribution is -0.157. The van der Waals surface area contributed by atoms with Gasteiger partial charge in [0.1, 0.15) is 17.4 Å². The molecular weight excluding hydrogens is 350 g/mol. The summed E-state index contributed by atoms with van der Waals surface area (Å²) in [4.78, 5) is 25.0. The normalized spacial score (nSPS) is 12.3. The molecule has 144 valence electrons. The van der Waals surface area contributed by atoms with Gasteiger partial charge >= 0.3 is 5.97 Å². The van der Waals surface area contributed by atoms with Crippen LogP contribution in [0.1, 0.15) is 36.7 Å². The van der Waals surface area contributed by atoms with Crippen LogP contribution in [0, 0.1) is 0 Å². The topological polar surface area (TPSA) is 116 Å². The van der Waals surface area contributed by atoms with Gasteiger partial charge in [-0.15, -0.1) is 0 Å². The smallest absolute Gasteiger partial charge is 0.329 e. The van der Waals surface area contributed by atoms with Gasteiger partial charge in [-0.05, 0) is 56.7 Å². The molecule has 1 unspecified atom stereocenters. The third kappa shape index (κ3) is 5.91. The monoisotopic (exact) mass is 373 g/mol. The summed E-state index contributed by atoms with van der Waals surface area (Å²) in [6.07, 6.45) is 0.158. The second kappa shape index (κ2) is 7.99. The summed E-state index contributed by atoms with van der Waals surface area (Å²) < 4.78 is 5.38. The van der Waals surface area contributed by atoms with Gasteiger partial charge in [0, 0.05) is 12.0 Å². The number of benzene rings is 2. The van der Waals surface area contributed by atoms with Gasteiger partial charge < -0.3 is 25.4 Å². The zero-order chi connectivity index (χ0) is 20.2. The van der Waals surface area contributed by atoms with Gasteiger partial charge in [-0.1, -0.05) is 12.1 Å². The molecule has 7 nitrogen and oxygen atoms in total. The molecule has 0 heterocycles. The first-order valence-electron chi connectivity index (χ1n) is 8.39. The first kappa shape index (κ1) is 20.1. The van der Waals surface area contributed by atoms with Crippen molar-refractivity contribution in [3.63, 3.8) is 0 Å². The number of nitrogens with one attached hydrogen (secondary N) is 1. The fraction of sp³-hybridized carbons (Fsp3) is 0.300. The Kier molecular flexibility index (Phi) is 5.95. The standard InChI is InChI=1S/C20H23NO6/c1-20(2,3)27-19(26)15(10-12-4-7-14(22)8-5-12)21-18(25)13-6-9-16(23)17(24)11-13/h4-9,11,15,22-24H,10H2,1-3H3,(H,21,25). The van der Waals surface area contributed by atoms with E-state index in [2.05, 4.69) is 5.32 Å². The zero-order valence-corrected chi connectivity index (χ0v) is 15.4. The van der Waals surface area contributed by atoms with Crippen LogP contribution in [0.3, 0.4) is 0 Å². The number of rotatable bonds is 5. The quantitative estimate of drug-likeness (QED) is 0.473. The Bertz CT molecular complexity index is 823. The van der Waals surface area contributed by atoms with E-state index in [0.29, 0.717) is 0 Å². The molecule has 1 atom stereocenters. The molecule has 0 fully saturated rings. The zero-order valence-electron chi connectivity index (χ0n) is 15.4. The molecule has 1 amide bonds. The van der Waals surface area contributed by atoms with E-state index >= 15 is 0 Å². The van der Waals surface area contributed by atoms with Crippen LogP contribution in [0.4, 0.5) is 0 Å². The molecule has 2 rings (SSSR count). The molecule has 2 aromatic carbocycles. The SMILES string of the molecule is CC(C)(C)OC(=O)C(Cc1ccc(O)cc1)NC(=O)c1ccc(O)c(O)c1. The molecule has 0 bridgehead atoms. The van der Waals surface area contributed by atoms with Crippen molar-refractivity contribution in [1.29, 1.82) is 0 Å². The van der Waals surface area contributed by atoms with Crippen molar-refractivity contribution in [2.45, 2.75) is 38.8 Å². The Hall–Kier alpha value is -3.22. The summed E-state index contributed by atoms with van der Waals surface area (Å²) in [5.74, 6) is -1.89. The average Bonchev–Trinajstić information content (AvgIpc) is 2.57. The number of carbonyl (C=O) groups excluding carboxylic acids is 2. The first-order valence-corrected chi connectivity index (χ1v) is 8.39. The van der Waals surface area contributed by atoms with Crippen LogP contribution < -0.4 is 5.32 Å². The molecule has 0 radical (unpaired) electrons. The summed E-state index contributed by atoms with van der Waals surface area (Å²) in [5, 5.41) is 30.9. The van der Waals surface area contributed by atoms with Gasteiger partial charge in [-0.2, -0.15) is 0 Å². The van der Waals surface area contributed by atoms with Crippen LogP contribution in [-0.2, 0) is 16.0 Å². The number of phenolic OH excluding ortho intramolecular Hbond substituents is 3. The first-order chi connectivity index (χ1) is 12.5. The maximum atomic E-state index is 12.5. The highest BCUT2D eigenvalue weighted by atomic mass is 16.6. The van der Waals surface area contributed by atoms with E-state index in [-0.39, 0.29) is 23.5 Å². The van der Waals surface area contributed by atoms with Crippen LogP contribution in [0.25, 0.3) is 0 Å². The van der Waals surface area contributed by atoms with Crippen molar-refractivity contribution in [1.82, 2.24) is 5.32 Å². The lowest BCUT2D eigenvalue weighted by Gasteiger charge is -2.24. The van der Waals surface area contributed by atoms with Crippen LogP contribution in [0.15, 0.2) is 42.5 Å². The van der Waals surface area contributed by atoms with Crippen LogP contribution >= 0.6 is 0 Å². The highest BCUT2D eigenvalue weighted by molar-refractivity contribution is 5.97. The number of phenols is 3. The van der Waals surface area contributed by atoms with Gasteiger partial charge in [-0.25, -0.2) is 4.79 Å². The molecule has 4 N–H and O–H groups in total. The van der Waals surface area contributed by atoms with Gasteiger partial charge in [0.05, 0.1) is 0 Å². The molecule has 7 heteroatoms. The third-order valence-corrected chi connectivity index (χ3v) is 3.61. The Morgan fingerprint density at radius 3 is 2.19 bits per heavy atom. The van der Waals surface area contributed by atoms with Crippen molar-refractivity contribution in [3.05, 3.63) is 53.6 Å². The van der Waals surface area contributed by atoms with Crippen LogP contribution in [0.5, 0.6) is 17.2 Å². The minimum Gasteiger partial charge on any atom is -0.508 e. The van der Waals surface area contributed by atoms with Gasteiger partial charge in [0.25, 0.3) is 5.91 Å². The second-order valence-electron chi connectivity index (χ2n) is 7.13. The summed E-state index contributed by atoms with van der Waals surface area (Å²) in [6, 6.07) is 8.91. The van der Waals surface area contributed by atoms with Crippen molar-refractivity contribution in [2.75, 3.05) is 0 Å². The number of ether oxygens (including phenoxy) is 1. The fourth-order valence-electron chi connectivity index (χ4n) is 2.34. The molecule has 0 spiro atoms. The van der Waals surface area contributed by atoms with E-state index in [1.807, 2.05) is 0 Å². The Morgan fingerprint density at radius 2 is 1.63 bits per heavy atom. The van der Waals surface area contributed by atoms with Crippen molar-refractivity contribution in [2.24, 2.45) is 0 Å². The predicted molar refractivity (Wildman–Crippen MR) is 98.7 cm³/mol. The molecule has 0 saturated carbocycles. The van der Waals surface area contributed by atoms with Crippen molar-refractivity contribution >= 4 is 11.9 Å². The molecule has 0 saturated heterocycles. The van der Waals surface area contributed by atoms with Crippen LogP contribution in [0.2, 0.25) is 0 Å². The predicted octanol–water partition coefficient (Wildman–Crippen LogP) is 2.49. The Balaban J connectivity index is 2.22. The molecule has 0 aliphatic heterocycles. The number of esters is 1. The Labute approximate surface area is 157 Å². The number of hydrogen-bond donors (Lipinski definition) is 4. The third-order valence-electron chi connectivity index (χ3n) is 3.61. The van der Waals surface area contributed by atoms with E-state index in [1.165, 1.54) is 24.3 Å². The van der Waals surface area contributed by atoms with Gasteiger partial charge in [-0.3, -0.25) is 4.79 Å². The highest BCUT2D eigenvalue weighted by Crippen LogP contribution is 2.25. The van der Waals surface area contributed by atoms with E-state index in [0.717, 1.165) is 11.6 Å². The van der Waals surface area contributed by atoms with Crippen LogP contribution in [-0.4, -0.2) is 38.8 Å². The lowest BCUT2D eigenvalue weighted by Crippen LogP contribution is -2.45. The molecule has 27 heavy (non-hydrogen) atoms. The van der Waals surface area contributed by atoms with E-state index in [1.54, 1.807) is 32.9 Å². The lowest BCUT2D eigenvalue weighted by atomic mass is 10.0. The van der Waals surface area contributed by atoms with E-state index < -0.39 is 29.3 Å². The molecular formula is C20H23NO6. The average molecular weight is 373 g/mol. The number of aromatic hydroxyl groups is 3. The van der Waals surface area contributed by atoms with Gasteiger partial charge in [0.2, 0.25) is 0 Å². The van der Waals surface area contributed by atoms with Crippen molar-refractivity contribution in [3.8, 4) is 17.2 Å². The maximum absolute atomic E-state index is 12.5.